The van der Waals surface area contributed by atoms with Crippen LogP contribution < -0.4 is 0 Å². The number of aliphatic hydroxyl groups excluding tert-OH is 3. The molecule has 0 saturated carbocycles. The SMILES string of the molecule is O=C1OC([C@@H](O)CO)C(=O)[C@@]1(O)C/C=C/O. The predicted octanol–water partition coefficient (Wildman–Crippen LogP) is -1.97. The smallest absolute Gasteiger partial charge is 0.347 e. The molecule has 7 heteroatoms. The van der Waals surface area contributed by atoms with Gasteiger partial charge in [-0.1, -0.05) is 0 Å². The molecule has 16 heavy (non-hydrogen) atoms. The minimum absolute atomic E-state index is 0.449. The van der Waals surface area contributed by atoms with Crippen LogP contribution in [0.3, 0.4) is 0 Å². The lowest BCUT2D eigenvalue weighted by atomic mass is 9.92. The van der Waals surface area contributed by atoms with E-state index in [4.69, 9.17) is 10.2 Å². The van der Waals surface area contributed by atoms with Crippen molar-refractivity contribution in [3.8, 4) is 0 Å². The second kappa shape index (κ2) is 4.60. The third-order valence-electron chi connectivity index (χ3n) is 2.29. The van der Waals surface area contributed by atoms with Crippen LogP contribution in [-0.4, -0.2) is 56.6 Å². The zero-order chi connectivity index (χ0) is 12.3. The summed E-state index contributed by atoms with van der Waals surface area (Å²) in [6.07, 6.45) is -2.00. The molecule has 3 atom stereocenters. The van der Waals surface area contributed by atoms with Gasteiger partial charge >= 0.3 is 5.97 Å². The van der Waals surface area contributed by atoms with Crippen molar-refractivity contribution in [1.82, 2.24) is 0 Å². The second-order valence-electron chi connectivity index (χ2n) is 3.39. The van der Waals surface area contributed by atoms with Crippen molar-refractivity contribution in [2.45, 2.75) is 24.2 Å². The molecule has 0 aromatic heterocycles. The zero-order valence-electron chi connectivity index (χ0n) is 8.24. The van der Waals surface area contributed by atoms with Crippen LogP contribution in [0.25, 0.3) is 0 Å². The maximum Gasteiger partial charge on any atom is 0.347 e. The molecular weight excluding hydrogens is 220 g/mol. The first-order valence-corrected chi connectivity index (χ1v) is 4.53. The molecule has 0 aromatic carbocycles. The van der Waals surface area contributed by atoms with Crippen molar-refractivity contribution >= 4 is 11.8 Å². The molecule has 0 spiro atoms. The van der Waals surface area contributed by atoms with E-state index >= 15 is 0 Å². The molecular formula is C9H12O7. The number of Topliss-reactive ketones (excluding diaryl/α,β-unsaturated/α-hetero) is 1. The molecule has 1 rings (SSSR count). The molecule has 0 bridgehead atoms. The normalized spacial score (nSPS) is 32.1. The van der Waals surface area contributed by atoms with E-state index in [-0.39, 0.29) is 0 Å². The molecule has 7 nitrogen and oxygen atoms in total. The van der Waals surface area contributed by atoms with Crippen LogP contribution in [0.4, 0.5) is 0 Å². The number of carbonyl (C=O) groups excluding carboxylic acids is 2. The van der Waals surface area contributed by atoms with Gasteiger partial charge in [-0.05, 0) is 6.08 Å². The van der Waals surface area contributed by atoms with E-state index in [2.05, 4.69) is 4.74 Å². The highest BCUT2D eigenvalue weighted by Crippen LogP contribution is 2.27. The lowest BCUT2D eigenvalue weighted by Crippen LogP contribution is -2.45. The first-order chi connectivity index (χ1) is 7.47. The fourth-order valence-electron chi connectivity index (χ4n) is 1.36. The standard InChI is InChI=1S/C9H12O7/c10-3-1-2-9(15)7(13)6(5(12)4-11)16-8(9)14/h1,3,5-6,10-12,15H,2,4H2/b3-1+/t5-,6?,9-/m0/s1. The van der Waals surface area contributed by atoms with E-state index in [0.29, 0.717) is 6.26 Å². The van der Waals surface area contributed by atoms with Crippen molar-refractivity contribution in [3.05, 3.63) is 12.3 Å². The largest absolute Gasteiger partial charge is 0.516 e. The summed E-state index contributed by atoms with van der Waals surface area (Å²) in [5.74, 6) is -2.23. The maximum absolute atomic E-state index is 11.6. The van der Waals surface area contributed by atoms with Gasteiger partial charge in [0.2, 0.25) is 11.4 Å². The summed E-state index contributed by atoms with van der Waals surface area (Å²) < 4.78 is 4.47. The molecule has 4 N–H and O–H groups in total. The summed E-state index contributed by atoms with van der Waals surface area (Å²) >= 11 is 0. The Kier molecular flexibility index (Phi) is 3.63. The van der Waals surface area contributed by atoms with Crippen LogP contribution in [0.1, 0.15) is 6.42 Å². The Morgan fingerprint density at radius 2 is 2.12 bits per heavy atom. The summed E-state index contributed by atoms with van der Waals surface area (Å²) in [5, 5.41) is 35.9. The van der Waals surface area contributed by atoms with Crippen LogP contribution in [0.2, 0.25) is 0 Å². The lowest BCUT2D eigenvalue weighted by Gasteiger charge is -2.14. The first kappa shape index (κ1) is 12.6. The van der Waals surface area contributed by atoms with E-state index < -0.39 is 42.6 Å². The van der Waals surface area contributed by atoms with Gasteiger partial charge in [-0.25, -0.2) is 4.79 Å². The average Bonchev–Trinajstić information content (AvgIpc) is 2.50. The highest BCUT2D eigenvalue weighted by molar-refractivity contribution is 6.14. The van der Waals surface area contributed by atoms with Crippen LogP contribution in [0.5, 0.6) is 0 Å². The van der Waals surface area contributed by atoms with Gasteiger partial charge in [-0.3, -0.25) is 4.79 Å². The van der Waals surface area contributed by atoms with E-state index in [9.17, 15) is 19.8 Å². The third-order valence-corrected chi connectivity index (χ3v) is 2.29. The van der Waals surface area contributed by atoms with Gasteiger partial charge in [-0.2, -0.15) is 0 Å². The average molecular weight is 232 g/mol. The van der Waals surface area contributed by atoms with E-state index in [0.717, 1.165) is 6.08 Å². The summed E-state index contributed by atoms with van der Waals surface area (Å²) in [6.45, 7) is -0.768. The van der Waals surface area contributed by atoms with Gasteiger partial charge in [0.25, 0.3) is 0 Å². The number of rotatable bonds is 4. The molecule has 1 heterocycles. The summed E-state index contributed by atoms with van der Waals surface area (Å²) in [4.78, 5) is 22.8. The number of hydrogen-bond acceptors (Lipinski definition) is 7. The Morgan fingerprint density at radius 3 is 2.62 bits per heavy atom. The van der Waals surface area contributed by atoms with Crippen molar-refractivity contribution in [2.24, 2.45) is 0 Å². The van der Waals surface area contributed by atoms with Gasteiger partial charge in [0.1, 0.15) is 6.10 Å². The number of ether oxygens (including phenoxy) is 1. The van der Waals surface area contributed by atoms with Gasteiger partial charge < -0.3 is 25.2 Å². The molecule has 1 unspecified atom stereocenters. The monoisotopic (exact) mass is 232 g/mol. The summed E-state index contributed by atoms with van der Waals surface area (Å²) in [5.41, 5.74) is -2.40. The van der Waals surface area contributed by atoms with Crippen molar-refractivity contribution in [1.29, 1.82) is 0 Å². The molecule has 0 amide bonds. The molecule has 0 aliphatic carbocycles. The highest BCUT2D eigenvalue weighted by atomic mass is 16.6. The van der Waals surface area contributed by atoms with E-state index in [1.165, 1.54) is 0 Å². The second-order valence-corrected chi connectivity index (χ2v) is 3.39. The number of ketones is 1. The first-order valence-electron chi connectivity index (χ1n) is 4.53. The van der Waals surface area contributed by atoms with Gasteiger partial charge in [0, 0.05) is 6.42 Å². The van der Waals surface area contributed by atoms with Gasteiger partial charge in [-0.15, -0.1) is 0 Å². The minimum Gasteiger partial charge on any atom is -0.516 e. The number of carbonyl (C=O) groups is 2. The van der Waals surface area contributed by atoms with Crippen LogP contribution in [0.15, 0.2) is 12.3 Å². The molecule has 0 radical (unpaired) electrons. The molecule has 1 aliphatic rings. The summed E-state index contributed by atoms with van der Waals surface area (Å²) in [6, 6.07) is 0. The fraction of sp³-hybridized carbons (Fsp3) is 0.556. The van der Waals surface area contributed by atoms with Gasteiger partial charge in [0.05, 0.1) is 12.9 Å². The van der Waals surface area contributed by atoms with E-state index in [1.807, 2.05) is 0 Å². The molecule has 1 aliphatic heterocycles. The Balaban J connectivity index is 2.89. The van der Waals surface area contributed by atoms with Crippen LogP contribution in [-0.2, 0) is 14.3 Å². The van der Waals surface area contributed by atoms with Crippen molar-refractivity contribution in [2.75, 3.05) is 6.61 Å². The molecule has 90 valence electrons. The topological polar surface area (TPSA) is 124 Å². The number of hydrogen-bond donors (Lipinski definition) is 4. The zero-order valence-corrected chi connectivity index (χ0v) is 8.24. The predicted molar refractivity (Wildman–Crippen MR) is 49.3 cm³/mol. The third kappa shape index (κ3) is 1.92. The maximum atomic E-state index is 11.6. The van der Waals surface area contributed by atoms with E-state index in [1.54, 1.807) is 0 Å². The van der Waals surface area contributed by atoms with Crippen LogP contribution in [0, 0.1) is 0 Å². The Bertz CT molecular complexity index is 324. The number of cyclic esters (lactones) is 1. The van der Waals surface area contributed by atoms with Crippen molar-refractivity contribution in [3.63, 3.8) is 0 Å². The molecule has 1 fully saturated rings. The molecule has 1 saturated heterocycles. The van der Waals surface area contributed by atoms with Crippen LogP contribution >= 0.6 is 0 Å². The number of aliphatic hydroxyl groups is 4. The van der Waals surface area contributed by atoms with Gasteiger partial charge in [0.15, 0.2) is 6.10 Å². The Morgan fingerprint density at radius 1 is 1.50 bits per heavy atom. The minimum atomic E-state index is -2.40. The number of esters is 1. The Labute approximate surface area is 90.6 Å². The highest BCUT2D eigenvalue weighted by Gasteiger charge is 2.57. The quantitative estimate of drug-likeness (QED) is 0.251. The van der Waals surface area contributed by atoms with Crippen molar-refractivity contribution < 1.29 is 34.8 Å². The fourth-order valence-corrected chi connectivity index (χ4v) is 1.36. The Hall–Kier alpha value is -1.44. The lowest BCUT2D eigenvalue weighted by molar-refractivity contribution is -0.157. The summed E-state index contributed by atoms with van der Waals surface area (Å²) in [7, 11) is 0. The molecule has 0 aromatic rings.